The van der Waals surface area contributed by atoms with E-state index in [0.29, 0.717) is 18.3 Å². The molecule has 9 atom stereocenters. The Balaban J connectivity index is 1.54. The van der Waals surface area contributed by atoms with Gasteiger partial charge in [0.15, 0.2) is 5.78 Å². The molecule has 0 heterocycles. The predicted molar refractivity (Wildman–Crippen MR) is 154 cm³/mol. The maximum Gasteiger partial charge on any atom is 0.251 e. The summed E-state index contributed by atoms with van der Waals surface area (Å²) in [5, 5.41) is 12.4. The van der Waals surface area contributed by atoms with Gasteiger partial charge >= 0.3 is 0 Å². The number of carbonyl (C=O) groups excluding carboxylic acids is 2. The van der Waals surface area contributed by atoms with Crippen LogP contribution in [-0.2, 0) is 14.4 Å². The van der Waals surface area contributed by atoms with Crippen LogP contribution in [0.4, 0.5) is 0 Å². The number of aliphatic hydroxyl groups excluding tert-OH is 1. The molecule has 0 radical (unpaired) electrons. The lowest BCUT2D eigenvalue weighted by Gasteiger charge is -2.70. The van der Waals surface area contributed by atoms with Crippen molar-refractivity contribution in [2.24, 2.45) is 50.2 Å². The van der Waals surface area contributed by atoms with E-state index < -0.39 is 5.41 Å². The van der Waals surface area contributed by atoms with Crippen LogP contribution in [0.2, 0.25) is 0 Å². The van der Waals surface area contributed by atoms with E-state index in [1.165, 1.54) is 10.6 Å². The number of hydrogen-bond acceptors (Lipinski definition) is 4. The molecule has 0 saturated heterocycles. The standard InChI is InChI=1S/C34H53NO4/c1-10-19-39-35(9)28(38)31(5)16-15-30(4)17-18-33(7)22(23(30)21-31)20-24(36)27-32(6)13-12-26(37)29(2,3)25(32)11-14-34(27,33)8/h10,20,23,25-27,37H,1,11-19,21H2,2-9H3/t23-,25?,26-,27+,30+,31-,32-,33+,34+/m0/s1. The highest BCUT2D eigenvalue weighted by Gasteiger charge is 2.70. The molecule has 1 N–H and O–H groups in total. The summed E-state index contributed by atoms with van der Waals surface area (Å²) in [5.41, 5.74) is 0.416. The smallest absolute Gasteiger partial charge is 0.251 e. The fourth-order valence-electron chi connectivity index (χ4n) is 11.0. The van der Waals surface area contributed by atoms with E-state index in [1.807, 2.05) is 0 Å². The third-order valence-electron chi connectivity index (χ3n) is 13.7. The average molecular weight is 540 g/mol. The number of aliphatic hydroxyl groups is 1. The molecule has 1 unspecified atom stereocenters. The molecule has 0 spiro atoms. The summed E-state index contributed by atoms with van der Waals surface area (Å²) in [6, 6.07) is 0. The maximum absolute atomic E-state index is 14.4. The van der Waals surface area contributed by atoms with Crippen LogP contribution in [0.3, 0.4) is 0 Å². The summed E-state index contributed by atoms with van der Waals surface area (Å²) >= 11 is 0. The van der Waals surface area contributed by atoms with Gasteiger partial charge in [0.2, 0.25) is 0 Å². The van der Waals surface area contributed by atoms with Gasteiger partial charge in [0.25, 0.3) is 5.91 Å². The quantitative estimate of drug-likeness (QED) is 0.312. The molecule has 0 aromatic heterocycles. The Morgan fingerprint density at radius 3 is 2.38 bits per heavy atom. The van der Waals surface area contributed by atoms with Gasteiger partial charge in [-0.3, -0.25) is 14.4 Å². The maximum atomic E-state index is 14.4. The highest BCUT2D eigenvalue weighted by Crippen LogP contribution is 2.75. The second kappa shape index (κ2) is 9.02. The largest absolute Gasteiger partial charge is 0.393 e. The monoisotopic (exact) mass is 539 g/mol. The van der Waals surface area contributed by atoms with Crippen molar-refractivity contribution in [3.63, 3.8) is 0 Å². The van der Waals surface area contributed by atoms with Crippen LogP contribution >= 0.6 is 0 Å². The zero-order valence-corrected chi connectivity index (χ0v) is 25.9. The number of amides is 1. The second-order valence-electron chi connectivity index (χ2n) is 16.0. The highest BCUT2D eigenvalue weighted by molar-refractivity contribution is 5.95. The number of hydroxylamine groups is 2. The zero-order chi connectivity index (χ0) is 28.8. The van der Waals surface area contributed by atoms with Crippen LogP contribution in [0.5, 0.6) is 0 Å². The van der Waals surface area contributed by atoms with Crippen molar-refractivity contribution >= 4 is 11.7 Å². The van der Waals surface area contributed by atoms with Crippen molar-refractivity contribution in [3.8, 4) is 0 Å². The second-order valence-corrected chi connectivity index (χ2v) is 16.0. The van der Waals surface area contributed by atoms with Gasteiger partial charge in [-0.05, 0) is 103 Å². The summed E-state index contributed by atoms with van der Waals surface area (Å²) in [7, 11) is 1.71. The summed E-state index contributed by atoms with van der Waals surface area (Å²) in [6.07, 6.45) is 12.0. The van der Waals surface area contributed by atoms with E-state index in [9.17, 15) is 14.7 Å². The third kappa shape index (κ3) is 3.84. The Bertz CT molecular complexity index is 1090. The molecule has 5 nitrogen and oxygen atoms in total. The molecule has 0 bridgehead atoms. The summed E-state index contributed by atoms with van der Waals surface area (Å²) < 4.78 is 0. The van der Waals surface area contributed by atoms with Gasteiger partial charge in [0.05, 0.1) is 12.7 Å². The number of hydrogen-bond donors (Lipinski definition) is 1. The SMILES string of the molecule is C=CCON(C)C(=O)[C@@]1(C)CC[C@]2(C)CC[C@]3(C)C(=CC(=O)[C@@H]4[C@@]5(C)CC[C@H](O)C(C)(C)C5CC[C@]43C)[C@@H]2C1. The molecule has 5 heteroatoms. The Morgan fingerprint density at radius 1 is 1.05 bits per heavy atom. The fourth-order valence-corrected chi connectivity index (χ4v) is 11.0. The van der Waals surface area contributed by atoms with Crippen molar-refractivity contribution in [2.75, 3.05) is 13.7 Å². The topological polar surface area (TPSA) is 66.8 Å². The van der Waals surface area contributed by atoms with Crippen molar-refractivity contribution < 1.29 is 19.5 Å². The van der Waals surface area contributed by atoms with E-state index in [1.54, 1.807) is 13.1 Å². The average Bonchev–Trinajstić information content (AvgIpc) is 2.87. The van der Waals surface area contributed by atoms with Crippen LogP contribution in [0.1, 0.15) is 106 Å². The van der Waals surface area contributed by atoms with Gasteiger partial charge in [0, 0.05) is 18.4 Å². The Hall–Kier alpha value is -1.46. The molecule has 4 fully saturated rings. The van der Waals surface area contributed by atoms with Crippen LogP contribution in [0.25, 0.3) is 0 Å². The predicted octanol–water partition coefficient (Wildman–Crippen LogP) is 6.90. The van der Waals surface area contributed by atoms with Crippen molar-refractivity contribution in [3.05, 3.63) is 24.3 Å². The molecule has 5 aliphatic rings. The first-order chi connectivity index (χ1) is 18.0. The van der Waals surface area contributed by atoms with Gasteiger partial charge in [0.1, 0.15) is 0 Å². The summed E-state index contributed by atoms with van der Waals surface area (Å²) in [4.78, 5) is 33.7. The minimum Gasteiger partial charge on any atom is -0.393 e. The molecule has 0 aromatic carbocycles. The number of rotatable bonds is 4. The molecule has 4 saturated carbocycles. The molecule has 5 aliphatic carbocycles. The molecule has 1 amide bonds. The number of fused-ring (bicyclic) bond motifs is 7. The first kappa shape index (κ1) is 29.0. The molecular weight excluding hydrogens is 486 g/mol. The van der Waals surface area contributed by atoms with Crippen LogP contribution in [0, 0.1) is 50.2 Å². The van der Waals surface area contributed by atoms with Gasteiger partial charge in [-0.15, -0.1) is 6.58 Å². The molecular formula is C34H53NO4. The lowest BCUT2D eigenvalue weighted by Crippen LogP contribution is -2.66. The molecule has 0 aromatic rings. The van der Waals surface area contributed by atoms with Crippen molar-refractivity contribution in [1.82, 2.24) is 5.06 Å². The van der Waals surface area contributed by atoms with Gasteiger partial charge in [-0.2, -0.15) is 0 Å². The molecule has 218 valence electrons. The Labute approximate surface area is 236 Å². The van der Waals surface area contributed by atoms with Crippen molar-refractivity contribution in [1.29, 1.82) is 0 Å². The number of ketones is 1. The van der Waals surface area contributed by atoms with E-state index in [0.717, 1.165) is 57.8 Å². The molecule has 5 rings (SSSR count). The Kier molecular flexibility index (Phi) is 6.72. The van der Waals surface area contributed by atoms with Crippen LogP contribution < -0.4 is 0 Å². The third-order valence-corrected chi connectivity index (χ3v) is 13.7. The summed E-state index contributed by atoms with van der Waals surface area (Å²) in [5.74, 6) is 0.859. The number of nitrogens with zero attached hydrogens (tertiary/aromatic N) is 1. The minimum atomic E-state index is -0.521. The van der Waals surface area contributed by atoms with Gasteiger partial charge < -0.3 is 5.11 Å². The molecule has 39 heavy (non-hydrogen) atoms. The van der Waals surface area contributed by atoms with Gasteiger partial charge in [-0.25, -0.2) is 5.06 Å². The first-order valence-electron chi connectivity index (χ1n) is 15.5. The first-order valence-corrected chi connectivity index (χ1v) is 15.5. The highest BCUT2D eigenvalue weighted by atomic mass is 16.7. The Morgan fingerprint density at radius 2 is 1.72 bits per heavy atom. The van der Waals surface area contributed by atoms with E-state index in [-0.39, 0.29) is 50.9 Å². The number of carbonyl (C=O) groups is 2. The van der Waals surface area contributed by atoms with Gasteiger partial charge in [-0.1, -0.05) is 60.1 Å². The van der Waals surface area contributed by atoms with Crippen molar-refractivity contribution in [2.45, 2.75) is 112 Å². The normalized spacial score (nSPS) is 48.5. The van der Waals surface area contributed by atoms with Crippen LogP contribution in [-0.4, -0.2) is 41.6 Å². The van der Waals surface area contributed by atoms with E-state index >= 15 is 0 Å². The van der Waals surface area contributed by atoms with E-state index in [4.69, 9.17) is 4.84 Å². The van der Waals surface area contributed by atoms with Crippen LogP contribution in [0.15, 0.2) is 24.3 Å². The molecule has 0 aliphatic heterocycles. The zero-order valence-electron chi connectivity index (χ0n) is 25.9. The summed E-state index contributed by atoms with van der Waals surface area (Å²) in [6.45, 7) is 20.2. The number of allylic oxidation sites excluding steroid dienone is 2. The van der Waals surface area contributed by atoms with E-state index in [2.05, 4.69) is 61.1 Å². The lowest BCUT2D eigenvalue weighted by molar-refractivity contribution is -0.204. The minimum absolute atomic E-state index is 0.0244. The lowest BCUT2D eigenvalue weighted by atomic mass is 9.33. The fraction of sp³-hybridized carbons (Fsp3) is 0.824.